The Morgan fingerprint density at radius 1 is 0.600 bits per heavy atom. The summed E-state index contributed by atoms with van der Waals surface area (Å²) in [7, 11) is 14.3. The summed E-state index contributed by atoms with van der Waals surface area (Å²) in [5, 5.41) is 0. The molecule has 0 N–H and O–H groups in total. The first-order valence-electron chi connectivity index (χ1n) is 5.72. The van der Waals surface area contributed by atoms with Crippen LogP contribution in [0.2, 0.25) is 0 Å². The number of ether oxygens (including phenoxy) is 2. The summed E-state index contributed by atoms with van der Waals surface area (Å²) in [5.41, 5.74) is 0. The highest BCUT2D eigenvalue weighted by molar-refractivity contribution is 8.15. The topological polar surface area (TPSA) is 18.5 Å². The molecule has 0 unspecified atom stereocenters. The van der Waals surface area contributed by atoms with Gasteiger partial charge in [0.2, 0.25) is 0 Å². The Balaban J connectivity index is 2.48. The highest BCUT2D eigenvalue weighted by atomic mass is 33.5. The van der Waals surface area contributed by atoms with Crippen LogP contribution >= 0.6 is 78.7 Å². The zero-order valence-electron chi connectivity index (χ0n) is 10.5. The summed E-state index contributed by atoms with van der Waals surface area (Å²) < 4.78 is 16.8. The summed E-state index contributed by atoms with van der Waals surface area (Å²) in [6.07, 6.45) is 0. The standard InChI is InChI=1S/C10H10O2S8/c1-3-11-5-7-8(14-17-13-7)6(12-4-2)10-9(5)15-18-20-19-16-10/h3-4H2,1-2H3. The van der Waals surface area contributed by atoms with E-state index in [2.05, 4.69) is 0 Å². The van der Waals surface area contributed by atoms with Gasteiger partial charge in [-0.15, -0.1) is 0 Å². The molecule has 110 valence electrons. The summed E-state index contributed by atoms with van der Waals surface area (Å²) in [6, 6.07) is 0. The van der Waals surface area contributed by atoms with Crippen LogP contribution in [0.25, 0.3) is 18.8 Å². The van der Waals surface area contributed by atoms with Gasteiger partial charge in [0.05, 0.1) is 13.2 Å². The van der Waals surface area contributed by atoms with Crippen molar-refractivity contribution < 1.29 is 9.47 Å². The van der Waals surface area contributed by atoms with E-state index in [0.29, 0.717) is 13.2 Å². The van der Waals surface area contributed by atoms with Crippen LogP contribution in [0, 0.1) is 0 Å². The molecule has 3 rings (SSSR count). The number of fused-ring (bicyclic) bond motifs is 2. The van der Waals surface area contributed by atoms with Gasteiger partial charge in [-0.05, 0) is 51.2 Å². The third-order valence-electron chi connectivity index (χ3n) is 2.34. The van der Waals surface area contributed by atoms with E-state index in [1.807, 2.05) is 13.8 Å². The van der Waals surface area contributed by atoms with Crippen molar-refractivity contribution in [1.82, 2.24) is 0 Å². The number of hydrogen-bond acceptors (Lipinski definition) is 10. The molecule has 10 heteroatoms. The molecular formula is C10H10O2S8. The predicted octanol–water partition coefficient (Wildman–Crippen LogP) is 7.53. The zero-order valence-corrected chi connectivity index (χ0v) is 17.0. The van der Waals surface area contributed by atoms with E-state index in [0.717, 1.165) is 11.5 Å². The maximum atomic E-state index is 5.97. The fourth-order valence-electron chi connectivity index (χ4n) is 1.66. The average molecular weight is 419 g/mol. The van der Waals surface area contributed by atoms with E-state index in [4.69, 9.17) is 9.47 Å². The van der Waals surface area contributed by atoms with Gasteiger partial charge in [-0.1, -0.05) is 41.4 Å². The molecule has 2 aromatic heterocycles. The first-order valence-corrected chi connectivity index (χ1v) is 15.3. The van der Waals surface area contributed by atoms with E-state index in [1.54, 1.807) is 78.7 Å². The van der Waals surface area contributed by atoms with Gasteiger partial charge in [-0.25, -0.2) is 0 Å². The van der Waals surface area contributed by atoms with Crippen molar-refractivity contribution in [2.45, 2.75) is 13.8 Å². The van der Waals surface area contributed by atoms with Crippen molar-refractivity contribution in [2.75, 3.05) is 13.2 Å². The summed E-state index contributed by atoms with van der Waals surface area (Å²) in [4.78, 5) is 0. The van der Waals surface area contributed by atoms with Crippen LogP contribution < -0.4 is 9.47 Å². The molecule has 20 heavy (non-hydrogen) atoms. The molecule has 0 atom stereocenters. The van der Waals surface area contributed by atoms with E-state index in [9.17, 15) is 0 Å². The number of benzene rings is 1. The Bertz CT molecular complexity index is 704. The fraction of sp³-hybridized carbons (Fsp3) is 0.400. The van der Waals surface area contributed by atoms with Gasteiger partial charge in [0.25, 0.3) is 0 Å². The van der Waals surface area contributed by atoms with Crippen LogP contribution in [-0.4, -0.2) is 13.2 Å². The molecule has 1 aromatic carbocycles. The van der Waals surface area contributed by atoms with Crippen molar-refractivity contribution in [2.24, 2.45) is 0 Å². The van der Waals surface area contributed by atoms with Crippen LogP contribution in [0.3, 0.4) is 0 Å². The molecule has 0 fully saturated rings. The Hall–Kier alpha value is 0.580. The zero-order chi connectivity index (χ0) is 13.9. The summed E-state index contributed by atoms with van der Waals surface area (Å²) >= 11 is 0. The first-order chi connectivity index (χ1) is 9.86. The second-order valence-corrected chi connectivity index (χ2v) is 14.8. The molecule has 3 aromatic rings. The minimum Gasteiger partial charge on any atom is -0.491 e. The van der Waals surface area contributed by atoms with Gasteiger partial charge in [-0.2, -0.15) is 0 Å². The molecule has 0 amide bonds. The van der Waals surface area contributed by atoms with Crippen LogP contribution in [0.5, 0.6) is 11.5 Å². The third-order valence-corrected chi connectivity index (χ3v) is 14.8. The third kappa shape index (κ3) is 2.89. The van der Waals surface area contributed by atoms with E-state index < -0.39 is 0 Å². The molecule has 0 saturated carbocycles. The molecule has 0 aliphatic heterocycles. The van der Waals surface area contributed by atoms with Crippen LogP contribution in [0.1, 0.15) is 13.8 Å². The lowest BCUT2D eigenvalue weighted by Gasteiger charge is -2.10. The Morgan fingerprint density at radius 2 is 1.00 bits per heavy atom. The maximum absolute atomic E-state index is 5.97. The highest BCUT2D eigenvalue weighted by Crippen LogP contribution is 2.52. The van der Waals surface area contributed by atoms with Gasteiger partial charge in [0.1, 0.15) is 18.8 Å². The van der Waals surface area contributed by atoms with Crippen LogP contribution in [0.4, 0.5) is 0 Å². The van der Waals surface area contributed by atoms with Crippen LogP contribution in [-0.2, 0) is 0 Å². The molecular weight excluding hydrogens is 409 g/mol. The highest BCUT2D eigenvalue weighted by Gasteiger charge is 2.19. The SMILES string of the molecule is CCOc1c2sssssc2c(OCC)c2sssc12. The smallest absolute Gasteiger partial charge is 0.158 e. The Morgan fingerprint density at radius 3 is 1.40 bits per heavy atom. The average Bonchev–Trinajstić information content (AvgIpc) is 2.80. The van der Waals surface area contributed by atoms with Crippen molar-refractivity contribution in [3.8, 4) is 11.5 Å². The van der Waals surface area contributed by atoms with E-state index in [-0.39, 0.29) is 0 Å². The molecule has 0 aliphatic carbocycles. The van der Waals surface area contributed by atoms with Gasteiger partial charge in [-0.3, -0.25) is 0 Å². The first kappa shape index (κ1) is 15.5. The molecule has 0 radical (unpaired) electrons. The number of rotatable bonds is 4. The molecule has 0 spiro atoms. The fourth-order valence-corrected chi connectivity index (χ4v) is 15.4. The Kier molecular flexibility index (Phi) is 5.59. The van der Waals surface area contributed by atoms with Crippen molar-refractivity contribution in [3.05, 3.63) is 0 Å². The second-order valence-electron chi connectivity index (χ2n) is 3.45. The Labute approximate surface area is 144 Å². The molecule has 0 aliphatic rings. The van der Waals surface area contributed by atoms with E-state index in [1.165, 1.54) is 18.8 Å². The largest absolute Gasteiger partial charge is 0.491 e. The molecule has 0 bridgehead atoms. The van der Waals surface area contributed by atoms with Gasteiger partial charge in [0.15, 0.2) is 11.5 Å². The van der Waals surface area contributed by atoms with Crippen LogP contribution in [0.15, 0.2) is 0 Å². The van der Waals surface area contributed by atoms with Gasteiger partial charge >= 0.3 is 0 Å². The van der Waals surface area contributed by atoms with Crippen molar-refractivity contribution in [3.63, 3.8) is 0 Å². The van der Waals surface area contributed by atoms with Gasteiger partial charge < -0.3 is 9.47 Å². The molecule has 2 heterocycles. The predicted molar refractivity (Wildman–Crippen MR) is 102 cm³/mol. The minimum absolute atomic E-state index is 0.693. The lowest BCUT2D eigenvalue weighted by molar-refractivity contribution is 0.344. The summed E-state index contributed by atoms with van der Waals surface area (Å²) in [6.45, 7) is 5.47. The van der Waals surface area contributed by atoms with E-state index >= 15 is 0 Å². The minimum atomic E-state index is 0.693. The maximum Gasteiger partial charge on any atom is 0.158 e. The lowest BCUT2D eigenvalue weighted by atomic mass is 10.3. The normalized spacial score (nSPS) is 10.9. The summed E-state index contributed by atoms with van der Waals surface area (Å²) in [5.74, 6) is 2.08. The van der Waals surface area contributed by atoms with Crippen molar-refractivity contribution in [1.29, 1.82) is 0 Å². The second kappa shape index (κ2) is 7.23. The number of hydrogen-bond donors (Lipinski definition) is 0. The lowest BCUT2D eigenvalue weighted by Crippen LogP contribution is -1.95. The van der Waals surface area contributed by atoms with Gasteiger partial charge in [0, 0.05) is 0 Å². The van der Waals surface area contributed by atoms with Crippen molar-refractivity contribution >= 4 is 97.5 Å². The monoisotopic (exact) mass is 418 g/mol. The quantitative estimate of drug-likeness (QED) is 0.408. The molecule has 0 saturated heterocycles. The molecule has 2 nitrogen and oxygen atoms in total.